The van der Waals surface area contributed by atoms with Crippen LogP contribution in [0.5, 0.6) is 6.01 Å². The smallest absolute Gasteiger partial charge is 0.419 e. The van der Waals surface area contributed by atoms with E-state index in [-0.39, 0.29) is 36.2 Å². The number of fused-ring (bicyclic) bond motifs is 1. The van der Waals surface area contributed by atoms with Crippen molar-refractivity contribution in [1.29, 1.82) is 0 Å². The summed E-state index contributed by atoms with van der Waals surface area (Å²) in [7, 11) is 1.42. The Balaban J connectivity index is 1.74. The zero-order valence-corrected chi connectivity index (χ0v) is 17.7. The first-order valence-corrected chi connectivity index (χ1v) is 10.2. The fourth-order valence-corrected chi connectivity index (χ4v) is 4.16. The van der Waals surface area contributed by atoms with Crippen molar-refractivity contribution in [3.63, 3.8) is 0 Å². The zero-order valence-electron chi connectivity index (χ0n) is 17.7. The molecule has 2 N–H and O–H groups in total. The Morgan fingerprint density at radius 1 is 1.25 bits per heavy atom. The predicted molar refractivity (Wildman–Crippen MR) is 108 cm³/mol. The van der Waals surface area contributed by atoms with Crippen LogP contribution in [0, 0.1) is 11.7 Å². The molecule has 3 heterocycles. The molecule has 32 heavy (non-hydrogen) atoms. The number of rotatable bonds is 3. The number of halogens is 4. The summed E-state index contributed by atoms with van der Waals surface area (Å²) in [5.74, 6) is -0.560. The van der Waals surface area contributed by atoms with E-state index in [4.69, 9.17) is 19.9 Å². The molecule has 2 unspecified atom stereocenters. The van der Waals surface area contributed by atoms with Crippen LogP contribution in [0.3, 0.4) is 0 Å². The van der Waals surface area contributed by atoms with E-state index < -0.39 is 23.7 Å². The van der Waals surface area contributed by atoms with Gasteiger partial charge in [0.25, 0.3) is 0 Å². The van der Waals surface area contributed by atoms with Gasteiger partial charge >= 0.3 is 12.2 Å². The second-order valence-electron chi connectivity index (χ2n) is 8.05. The van der Waals surface area contributed by atoms with Crippen molar-refractivity contribution in [2.75, 3.05) is 44.0 Å². The van der Waals surface area contributed by atoms with Crippen molar-refractivity contribution in [3.8, 4) is 6.01 Å². The van der Waals surface area contributed by atoms with Gasteiger partial charge in [-0.25, -0.2) is 4.39 Å². The number of methoxy groups -OCH3 is 1. The molecule has 2 aromatic rings. The molecule has 2 aliphatic rings. The SMILES string of the molecule is COc1nc2c(c(N3CCOCC(C)C3)n1)COC(c1cc(N)cc(F)c1C(F)(F)F)C2. The third kappa shape index (κ3) is 4.44. The molecule has 4 rings (SSSR count). The molecule has 0 spiro atoms. The van der Waals surface area contributed by atoms with E-state index in [0.717, 1.165) is 6.07 Å². The first-order valence-electron chi connectivity index (χ1n) is 10.2. The molecule has 0 saturated carbocycles. The number of alkyl halides is 3. The number of aromatic nitrogens is 2. The Morgan fingerprint density at radius 2 is 2.03 bits per heavy atom. The molecular formula is C21H24F4N4O3. The zero-order chi connectivity index (χ0) is 23.0. The lowest BCUT2D eigenvalue weighted by atomic mass is 9.94. The average molecular weight is 456 g/mol. The van der Waals surface area contributed by atoms with E-state index in [0.29, 0.717) is 49.4 Å². The van der Waals surface area contributed by atoms with E-state index >= 15 is 0 Å². The molecule has 1 aromatic carbocycles. The van der Waals surface area contributed by atoms with Crippen molar-refractivity contribution >= 4 is 11.5 Å². The first-order chi connectivity index (χ1) is 15.2. The summed E-state index contributed by atoms with van der Waals surface area (Å²) in [5, 5.41) is 0. The molecule has 1 fully saturated rings. The van der Waals surface area contributed by atoms with Crippen LogP contribution in [-0.2, 0) is 28.7 Å². The van der Waals surface area contributed by atoms with Crippen LogP contribution >= 0.6 is 0 Å². The standard InChI is InChI=1S/C21H24F4N4O3/c1-11-8-29(3-4-31-9-11)19-14-10-32-17(7-16(14)27-20(28-19)30-2)13-5-12(26)6-15(22)18(13)21(23,24)25/h5-6,11,17H,3-4,7-10,26H2,1-2H3. The van der Waals surface area contributed by atoms with Crippen LogP contribution < -0.4 is 15.4 Å². The molecular weight excluding hydrogens is 432 g/mol. The lowest BCUT2D eigenvalue weighted by molar-refractivity contribution is -0.142. The first kappa shape index (κ1) is 22.5. The highest BCUT2D eigenvalue weighted by Crippen LogP contribution is 2.42. The predicted octanol–water partition coefficient (Wildman–Crippen LogP) is 3.51. The summed E-state index contributed by atoms with van der Waals surface area (Å²) in [4.78, 5) is 10.9. The highest BCUT2D eigenvalue weighted by Gasteiger charge is 2.40. The molecule has 1 aromatic heterocycles. The normalized spacial score (nSPS) is 21.8. The topological polar surface area (TPSA) is 82.7 Å². The van der Waals surface area contributed by atoms with Crippen molar-refractivity contribution in [2.24, 2.45) is 5.92 Å². The van der Waals surface area contributed by atoms with Crippen LogP contribution in [0.15, 0.2) is 12.1 Å². The molecule has 0 bridgehead atoms. The van der Waals surface area contributed by atoms with Crippen molar-refractivity contribution < 1.29 is 31.8 Å². The number of nitrogen functional groups attached to an aromatic ring is 1. The number of hydrogen-bond acceptors (Lipinski definition) is 7. The minimum atomic E-state index is -4.90. The Kier molecular flexibility index (Phi) is 6.13. The highest BCUT2D eigenvalue weighted by molar-refractivity contribution is 5.53. The van der Waals surface area contributed by atoms with Gasteiger partial charge in [-0.05, 0) is 23.6 Å². The van der Waals surface area contributed by atoms with Gasteiger partial charge in [-0.15, -0.1) is 0 Å². The molecule has 1 saturated heterocycles. The molecule has 11 heteroatoms. The van der Waals surface area contributed by atoms with Crippen LogP contribution in [0.4, 0.5) is 29.1 Å². The summed E-state index contributed by atoms with van der Waals surface area (Å²) in [6.07, 6.45) is -5.98. The van der Waals surface area contributed by atoms with Gasteiger partial charge in [-0.2, -0.15) is 23.1 Å². The fraction of sp³-hybridized carbons (Fsp3) is 0.524. The molecule has 2 atom stereocenters. The van der Waals surface area contributed by atoms with Crippen LogP contribution in [0.1, 0.15) is 35.4 Å². The summed E-state index contributed by atoms with van der Waals surface area (Å²) >= 11 is 0. The number of hydrogen-bond donors (Lipinski definition) is 1. The van der Waals surface area contributed by atoms with Crippen molar-refractivity contribution in [1.82, 2.24) is 9.97 Å². The summed E-state index contributed by atoms with van der Waals surface area (Å²) in [6, 6.07) is 1.87. The third-order valence-corrected chi connectivity index (χ3v) is 5.55. The van der Waals surface area contributed by atoms with E-state index in [1.807, 2.05) is 4.90 Å². The highest BCUT2D eigenvalue weighted by atomic mass is 19.4. The van der Waals surface area contributed by atoms with Gasteiger partial charge in [0, 0.05) is 30.8 Å². The summed E-state index contributed by atoms with van der Waals surface area (Å²) in [5.41, 5.74) is 4.98. The van der Waals surface area contributed by atoms with Gasteiger partial charge in [0.05, 0.1) is 44.3 Å². The van der Waals surface area contributed by atoms with Gasteiger partial charge in [0.2, 0.25) is 0 Å². The number of nitrogens with zero attached hydrogens (tertiary/aromatic N) is 3. The summed E-state index contributed by atoms with van der Waals surface area (Å²) < 4.78 is 71.7. The Bertz CT molecular complexity index is 1000. The van der Waals surface area contributed by atoms with Crippen molar-refractivity contribution in [3.05, 3.63) is 40.3 Å². The maximum Gasteiger partial charge on any atom is 0.419 e. The fourth-order valence-electron chi connectivity index (χ4n) is 4.16. The number of anilines is 2. The third-order valence-electron chi connectivity index (χ3n) is 5.55. The van der Waals surface area contributed by atoms with Crippen LogP contribution in [0.25, 0.3) is 0 Å². The van der Waals surface area contributed by atoms with Crippen LogP contribution in [-0.4, -0.2) is 43.4 Å². The number of nitrogens with two attached hydrogens (primary N) is 1. The minimum Gasteiger partial charge on any atom is -0.467 e. The second kappa shape index (κ2) is 8.70. The van der Waals surface area contributed by atoms with Gasteiger partial charge in [0.1, 0.15) is 11.6 Å². The van der Waals surface area contributed by atoms with E-state index in [2.05, 4.69) is 16.9 Å². The van der Waals surface area contributed by atoms with Gasteiger partial charge in [0.15, 0.2) is 0 Å². The monoisotopic (exact) mass is 456 g/mol. The minimum absolute atomic E-state index is 0.00686. The quantitative estimate of drug-likeness (QED) is 0.559. The van der Waals surface area contributed by atoms with E-state index in [9.17, 15) is 17.6 Å². The largest absolute Gasteiger partial charge is 0.467 e. The van der Waals surface area contributed by atoms with E-state index in [1.165, 1.54) is 7.11 Å². The Hall–Kier alpha value is -2.66. The molecule has 0 aliphatic carbocycles. The molecule has 7 nitrogen and oxygen atoms in total. The maximum absolute atomic E-state index is 14.2. The number of benzene rings is 1. The van der Waals surface area contributed by atoms with Gasteiger partial charge in [-0.1, -0.05) is 6.92 Å². The molecule has 174 valence electrons. The van der Waals surface area contributed by atoms with E-state index in [1.54, 1.807) is 0 Å². The molecule has 2 aliphatic heterocycles. The molecule has 0 radical (unpaired) electrons. The molecule has 0 amide bonds. The van der Waals surface area contributed by atoms with Crippen LogP contribution in [0.2, 0.25) is 0 Å². The van der Waals surface area contributed by atoms with Gasteiger partial charge in [-0.3, -0.25) is 0 Å². The lowest BCUT2D eigenvalue weighted by Gasteiger charge is -2.31. The van der Waals surface area contributed by atoms with Crippen molar-refractivity contribution in [2.45, 2.75) is 32.2 Å². The second-order valence-corrected chi connectivity index (χ2v) is 8.05. The Labute approximate surface area is 182 Å². The van der Waals surface area contributed by atoms with Gasteiger partial charge < -0.3 is 24.8 Å². The Morgan fingerprint density at radius 3 is 2.75 bits per heavy atom. The average Bonchev–Trinajstić information content (AvgIpc) is 2.95. The lowest BCUT2D eigenvalue weighted by Crippen LogP contribution is -2.32. The summed E-state index contributed by atoms with van der Waals surface area (Å²) in [6.45, 7) is 4.46. The maximum atomic E-state index is 14.2. The number of ether oxygens (including phenoxy) is 3.